The number of carbonyl (C=O) groups excluding carboxylic acids is 4. The van der Waals surface area contributed by atoms with Crippen molar-refractivity contribution in [2.24, 2.45) is 5.92 Å². The zero-order valence-electron chi connectivity index (χ0n) is 28.4. The quantitative estimate of drug-likeness (QED) is 0.155. The van der Waals surface area contributed by atoms with Crippen molar-refractivity contribution in [3.05, 3.63) is 35.4 Å². The number of amides is 2. The number of nitrogens with zero attached hydrogens (tertiary/aromatic N) is 2. The van der Waals surface area contributed by atoms with Crippen LogP contribution in [0.1, 0.15) is 79.4 Å². The highest BCUT2D eigenvalue weighted by Gasteiger charge is 2.41. The maximum atomic E-state index is 14.9. The second kappa shape index (κ2) is 16.3. The van der Waals surface area contributed by atoms with Crippen LogP contribution in [-0.2, 0) is 46.0 Å². The summed E-state index contributed by atoms with van der Waals surface area (Å²) in [5.41, 5.74) is -3.82. The summed E-state index contributed by atoms with van der Waals surface area (Å²) in [7, 11) is 2.38. The molecular weight excluding hydrogens is 632 g/mol. The number of carboxylic acids is 1. The molecular formula is C32H46F4N2O9. The number of rotatable bonds is 14. The molecule has 266 valence electrons. The van der Waals surface area contributed by atoms with Crippen molar-refractivity contribution in [3.63, 3.8) is 0 Å². The molecule has 0 aliphatic heterocycles. The molecule has 1 aromatic carbocycles. The second-order valence-corrected chi connectivity index (χ2v) is 13.4. The van der Waals surface area contributed by atoms with E-state index in [1.54, 1.807) is 34.6 Å². The Morgan fingerprint density at radius 1 is 0.809 bits per heavy atom. The molecule has 0 saturated heterocycles. The molecule has 0 radical (unpaired) electrons. The summed E-state index contributed by atoms with van der Waals surface area (Å²) < 4.78 is 70.3. The van der Waals surface area contributed by atoms with Crippen molar-refractivity contribution in [2.75, 3.05) is 14.1 Å². The monoisotopic (exact) mass is 678 g/mol. The van der Waals surface area contributed by atoms with Gasteiger partial charge in [-0.2, -0.15) is 13.2 Å². The normalized spacial score (nSPS) is 14.8. The lowest BCUT2D eigenvalue weighted by Crippen LogP contribution is -2.52. The Morgan fingerprint density at radius 2 is 1.32 bits per heavy atom. The number of esters is 2. The first kappa shape index (κ1) is 41.1. The van der Waals surface area contributed by atoms with Crippen molar-refractivity contribution in [3.8, 4) is 0 Å². The van der Waals surface area contributed by atoms with Gasteiger partial charge in [0.1, 0.15) is 23.4 Å². The number of carbonyl (C=O) groups is 5. The molecule has 1 N–H and O–H groups in total. The van der Waals surface area contributed by atoms with Crippen molar-refractivity contribution in [2.45, 2.75) is 116 Å². The van der Waals surface area contributed by atoms with Crippen molar-refractivity contribution in [1.82, 2.24) is 9.80 Å². The van der Waals surface area contributed by atoms with Crippen LogP contribution < -0.4 is 0 Å². The van der Waals surface area contributed by atoms with E-state index in [2.05, 4.69) is 0 Å². The van der Waals surface area contributed by atoms with E-state index in [0.717, 1.165) is 54.8 Å². The van der Waals surface area contributed by atoms with E-state index >= 15 is 0 Å². The SMILES string of the molecule is CC(C)C[C@@H](C(=O)O[C@H](C)C(=O)O)N(C)C(=O)[C@@H](Cc1ccc(C(F)(F)F)cc1)OC(=O)[C@H](CC(C)(C)F)N(C)C(=O)OC(C)(C)C. The molecule has 47 heavy (non-hydrogen) atoms. The third kappa shape index (κ3) is 13.8. The number of halogens is 4. The molecule has 0 aliphatic carbocycles. The topological polar surface area (TPSA) is 140 Å². The van der Waals surface area contributed by atoms with Gasteiger partial charge >= 0.3 is 30.2 Å². The first-order chi connectivity index (χ1) is 21.2. The molecule has 0 aliphatic rings. The summed E-state index contributed by atoms with van der Waals surface area (Å²) >= 11 is 0. The van der Waals surface area contributed by atoms with Gasteiger partial charge in [0, 0.05) is 26.9 Å². The van der Waals surface area contributed by atoms with Crippen LogP contribution in [0.15, 0.2) is 24.3 Å². The Balaban J connectivity index is 3.59. The lowest BCUT2D eigenvalue weighted by molar-refractivity contribution is -0.172. The van der Waals surface area contributed by atoms with Gasteiger partial charge in [0.25, 0.3) is 5.91 Å². The van der Waals surface area contributed by atoms with Gasteiger partial charge in [-0.1, -0.05) is 26.0 Å². The highest BCUT2D eigenvalue weighted by molar-refractivity contribution is 5.90. The predicted molar refractivity (Wildman–Crippen MR) is 162 cm³/mol. The maximum absolute atomic E-state index is 14.9. The van der Waals surface area contributed by atoms with Crippen LogP contribution in [-0.4, -0.2) is 94.5 Å². The Labute approximate surface area is 272 Å². The number of aliphatic carboxylic acids is 1. The average molecular weight is 679 g/mol. The van der Waals surface area contributed by atoms with Crippen LogP contribution in [0.25, 0.3) is 0 Å². The maximum Gasteiger partial charge on any atom is 0.416 e. The van der Waals surface area contributed by atoms with Gasteiger partial charge in [-0.05, 0) is 71.6 Å². The first-order valence-electron chi connectivity index (χ1n) is 14.9. The van der Waals surface area contributed by atoms with Crippen molar-refractivity contribution >= 4 is 29.9 Å². The highest BCUT2D eigenvalue weighted by Crippen LogP contribution is 2.30. The van der Waals surface area contributed by atoms with E-state index in [9.17, 15) is 46.6 Å². The molecule has 1 rings (SSSR count). The molecule has 0 heterocycles. The van der Waals surface area contributed by atoms with E-state index in [1.807, 2.05) is 0 Å². The fraction of sp³-hybridized carbons (Fsp3) is 0.656. The number of benzene rings is 1. The third-order valence-electron chi connectivity index (χ3n) is 6.76. The summed E-state index contributed by atoms with van der Waals surface area (Å²) in [6.45, 7) is 11.6. The molecule has 2 amide bonds. The molecule has 0 aromatic heterocycles. The minimum atomic E-state index is -4.64. The minimum absolute atomic E-state index is 0.00834. The zero-order chi connectivity index (χ0) is 36.7. The fourth-order valence-electron chi connectivity index (χ4n) is 4.28. The molecule has 1 aromatic rings. The largest absolute Gasteiger partial charge is 0.479 e. The smallest absolute Gasteiger partial charge is 0.416 e. The molecule has 4 atom stereocenters. The summed E-state index contributed by atoms with van der Waals surface area (Å²) in [6.07, 6.45) is -9.99. The Kier molecular flexibility index (Phi) is 14.2. The molecule has 11 nitrogen and oxygen atoms in total. The standard InChI is InChI=1S/C32H46F4N2O9/c1-18(2)15-22(27(42)45-19(3)26(40)41)37(9)25(39)24(16-20-11-13-21(14-12-20)32(34,35)36)46-28(43)23(17-31(7,8)33)38(10)29(44)47-30(4,5)6/h11-14,18-19,22-24H,15-17H2,1-10H3,(H,40,41)/t19-,22+,23+,24-/m1/s1. The molecule has 0 fully saturated rings. The number of likely N-dealkylation sites (N-methyl/N-ethyl adjacent to an activating group) is 2. The van der Waals surface area contributed by atoms with E-state index < -0.39 is 90.1 Å². The van der Waals surface area contributed by atoms with E-state index in [4.69, 9.17) is 14.2 Å². The van der Waals surface area contributed by atoms with E-state index in [1.165, 1.54) is 14.1 Å². The second-order valence-electron chi connectivity index (χ2n) is 13.4. The Bertz CT molecular complexity index is 1250. The van der Waals surface area contributed by atoms with Crippen LogP contribution >= 0.6 is 0 Å². The number of ether oxygens (including phenoxy) is 3. The summed E-state index contributed by atoms with van der Waals surface area (Å²) in [5.74, 6) is -4.89. The third-order valence-corrected chi connectivity index (χ3v) is 6.76. The molecule has 0 saturated carbocycles. The highest BCUT2D eigenvalue weighted by atomic mass is 19.4. The van der Waals surface area contributed by atoms with Gasteiger partial charge in [-0.25, -0.2) is 23.6 Å². The minimum Gasteiger partial charge on any atom is -0.479 e. The van der Waals surface area contributed by atoms with Gasteiger partial charge in [0.15, 0.2) is 12.2 Å². The molecule has 0 unspecified atom stereocenters. The van der Waals surface area contributed by atoms with Crippen LogP contribution in [0, 0.1) is 5.92 Å². The number of carboxylic acid groups (broad SMARTS) is 1. The lowest BCUT2D eigenvalue weighted by Gasteiger charge is -2.34. The summed E-state index contributed by atoms with van der Waals surface area (Å²) in [6, 6.07) is 0.772. The van der Waals surface area contributed by atoms with Gasteiger partial charge < -0.3 is 24.2 Å². The van der Waals surface area contributed by atoms with Crippen LogP contribution in [0.5, 0.6) is 0 Å². The molecule has 0 bridgehead atoms. The molecule has 0 spiro atoms. The van der Waals surface area contributed by atoms with Gasteiger partial charge in [-0.3, -0.25) is 9.69 Å². The molecule has 15 heteroatoms. The summed E-state index contributed by atoms with van der Waals surface area (Å²) in [5, 5.41) is 9.19. The Hall–Kier alpha value is -3.91. The van der Waals surface area contributed by atoms with Crippen molar-refractivity contribution in [1.29, 1.82) is 0 Å². The van der Waals surface area contributed by atoms with Crippen molar-refractivity contribution < 1.29 is 60.9 Å². The van der Waals surface area contributed by atoms with Gasteiger partial charge in [-0.15, -0.1) is 0 Å². The van der Waals surface area contributed by atoms with Crippen LogP contribution in [0.2, 0.25) is 0 Å². The average Bonchev–Trinajstić information content (AvgIpc) is 2.91. The van der Waals surface area contributed by atoms with E-state index in [0.29, 0.717) is 0 Å². The number of alkyl halides is 4. The summed E-state index contributed by atoms with van der Waals surface area (Å²) in [4.78, 5) is 66.4. The van der Waals surface area contributed by atoms with Gasteiger partial charge in [0.05, 0.1) is 5.56 Å². The van der Waals surface area contributed by atoms with Crippen LogP contribution in [0.3, 0.4) is 0 Å². The van der Waals surface area contributed by atoms with Gasteiger partial charge in [0.2, 0.25) is 0 Å². The zero-order valence-corrected chi connectivity index (χ0v) is 28.4. The Morgan fingerprint density at radius 3 is 1.74 bits per heavy atom. The van der Waals surface area contributed by atoms with E-state index in [-0.39, 0.29) is 17.9 Å². The number of hydrogen-bond donors (Lipinski definition) is 1. The predicted octanol–water partition coefficient (Wildman–Crippen LogP) is 5.42. The van der Waals surface area contributed by atoms with Crippen LogP contribution in [0.4, 0.5) is 22.4 Å². The first-order valence-corrected chi connectivity index (χ1v) is 14.9. The lowest BCUT2D eigenvalue weighted by atomic mass is 9.99. The fourth-order valence-corrected chi connectivity index (χ4v) is 4.28. The number of hydrogen-bond acceptors (Lipinski definition) is 8.